The van der Waals surface area contributed by atoms with Crippen LogP contribution >= 0.6 is 11.6 Å². The van der Waals surface area contributed by atoms with Gasteiger partial charge in [-0.1, -0.05) is 24.4 Å². The molecule has 6 heteroatoms. The third-order valence-electron chi connectivity index (χ3n) is 2.85. The van der Waals surface area contributed by atoms with Crippen molar-refractivity contribution in [2.24, 2.45) is 0 Å². The molecular formula is C10H15ClN4O. The predicted molar refractivity (Wildman–Crippen MR) is 61.5 cm³/mol. The summed E-state index contributed by atoms with van der Waals surface area (Å²) in [5.74, 6) is 0.438. The Morgan fingerprint density at radius 2 is 2.06 bits per heavy atom. The van der Waals surface area contributed by atoms with E-state index in [-0.39, 0.29) is 12.1 Å². The third-order valence-corrected chi connectivity index (χ3v) is 3.20. The average Bonchev–Trinajstić information content (AvgIpc) is 2.27. The second-order valence-corrected chi connectivity index (χ2v) is 4.47. The van der Waals surface area contributed by atoms with Gasteiger partial charge in [0, 0.05) is 0 Å². The Kier molecular flexibility index (Phi) is 3.56. The highest BCUT2D eigenvalue weighted by atomic mass is 35.5. The van der Waals surface area contributed by atoms with Crippen LogP contribution in [0.25, 0.3) is 0 Å². The number of nitrogens with zero attached hydrogens (tertiary/aromatic N) is 3. The highest BCUT2D eigenvalue weighted by Crippen LogP contribution is 2.21. The SMILES string of the molecule is Cc1nc(NC2CCCC[C@H]2O)nnc1Cl. The smallest absolute Gasteiger partial charge is 0.243 e. The van der Waals surface area contributed by atoms with E-state index in [1.54, 1.807) is 6.92 Å². The van der Waals surface area contributed by atoms with Crippen LogP contribution in [0.2, 0.25) is 5.15 Å². The van der Waals surface area contributed by atoms with Gasteiger partial charge in [-0.2, -0.15) is 0 Å². The van der Waals surface area contributed by atoms with Gasteiger partial charge in [0.15, 0.2) is 5.15 Å². The van der Waals surface area contributed by atoms with E-state index in [1.807, 2.05) is 0 Å². The van der Waals surface area contributed by atoms with Crippen LogP contribution in [0.4, 0.5) is 5.95 Å². The minimum Gasteiger partial charge on any atom is -0.391 e. The number of hydrogen-bond donors (Lipinski definition) is 2. The molecule has 1 aliphatic carbocycles. The molecule has 2 atom stereocenters. The van der Waals surface area contributed by atoms with Gasteiger partial charge in [-0.15, -0.1) is 10.2 Å². The number of nitrogens with one attached hydrogen (secondary N) is 1. The summed E-state index contributed by atoms with van der Waals surface area (Å²) >= 11 is 5.74. The maximum atomic E-state index is 9.79. The molecule has 1 fully saturated rings. The van der Waals surface area contributed by atoms with Crippen molar-refractivity contribution in [1.82, 2.24) is 15.2 Å². The maximum Gasteiger partial charge on any atom is 0.243 e. The molecule has 1 heterocycles. The van der Waals surface area contributed by atoms with Crippen molar-refractivity contribution in [3.05, 3.63) is 10.8 Å². The van der Waals surface area contributed by atoms with E-state index < -0.39 is 0 Å². The van der Waals surface area contributed by atoms with Crippen LogP contribution in [0.1, 0.15) is 31.4 Å². The van der Waals surface area contributed by atoms with E-state index in [9.17, 15) is 5.11 Å². The first-order valence-electron chi connectivity index (χ1n) is 5.48. The zero-order chi connectivity index (χ0) is 11.5. The molecule has 1 unspecified atom stereocenters. The molecule has 0 amide bonds. The molecule has 0 aliphatic heterocycles. The van der Waals surface area contributed by atoms with Gasteiger partial charge in [0.25, 0.3) is 0 Å². The molecule has 88 valence electrons. The molecule has 0 saturated heterocycles. The summed E-state index contributed by atoms with van der Waals surface area (Å²) < 4.78 is 0. The van der Waals surface area contributed by atoms with Crippen LogP contribution < -0.4 is 5.32 Å². The summed E-state index contributed by atoms with van der Waals surface area (Å²) in [5, 5.41) is 20.8. The molecule has 1 aromatic heterocycles. The highest BCUT2D eigenvalue weighted by Gasteiger charge is 2.23. The summed E-state index contributed by atoms with van der Waals surface area (Å²) in [6, 6.07) is 0.0242. The van der Waals surface area contributed by atoms with Crippen LogP contribution in [0.5, 0.6) is 0 Å². The number of anilines is 1. The second kappa shape index (κ2) is 4.93. The van der Waals surface area contributed by atoms with E-state index in [0.717, 1.165) is 25.7 Å². The molecule has 5 nitrogen and oxygen atoms in total. The molecule has 1 saturated carbocycles. The van der Waals surface area contributed by atoms with Crippen LogP contribution in [0.3, 0.4) is 0 Å². The minimum atomic E-state index is -0.326. The fourth-order valence-electron chi connectivity index (χ4n) is 1.90. The summed E-state index contributed by atoms with van der Waals surface area (Å²) in [5.41, 5.74) is 0.643. The molecule has 2 N–H and O–H groups in total. The van der Waals surface area contributed by atoms with Crippen molar-refractivity contribution in [3.63, 3.8) is 0 Å². The number of hydrogen-bond acceptors (Lipinski definition) is 5. The highest BCUT2D eigenvalue weighted by molar-refractivity contribution is 6.29. The van der Waals surface area contributed by atoms with Gasteiger partial charge in [0.2, 0.25) is 5.95 Å². The molecule has 2 rings (SSSR count). The van der Waals surface area contributed by atoms with E-state index in [1.165, 1.54) is 0 Å². The summed E-state index contributed by atoms with van der Waals surface area (Å²) in [4.78, 5) is 4.17. The lowest BCUT2D eigenvalue weighted by molar-refractivity contribution is 0.116. The van der Waals surface area contributed by atoms with Gasteiger partial charge in [0.1, 0.15) is 0 Å². The monoisotopic (exact) mass is 242 g/mol. The first kappa shape index (κ1) is 11.5. The summed E-state index contributed by atoms with van der Waals surface area (Å²) in [6.07, 6.45) is 3.64. The van der Waals surface area contributed by atoms with Crippen LogP contribution in [0.15, 0.2) is 0 Å². The van der Waals surface area contributed by atoms with Gasteiger partial charge in [0.05, 0.1) is 17.8 Å². The molecule has 0 spiro atoms. The fourth-order valence-corrected chi connectivity index (χ4v) is 1.98. The zero-order valence-corrected chi connectivity index (χ0v) is 9.91. The van der Waals surface area contributed by atoms with Crippen molar-refractivity contribution < 1.29 is 5.11 Å². The lowest BCUT2D eigenvalue weighted by atomic mass is 9.93. The number of aliphatic hydroxyl groups excluding tert-OH is 1. The Labute approximate surface area is 99.3 Å². The Morgan fingerprint density at radius 1 is 1.31 bits per heavy atom. The van der Waals surface area contributed by atoms with Crippen LogP contribution in [-0.4, -0.2) is 32.4 Å². The quantitative estimate of drug-likeness (QED) is 0.823. The van der Waals surface area contributed by atoms with Crippen LogP contribution in [0, 0.1) is 6.92 Å². The standard InChI is InChI=1S/C10H15ClN4O/c1-6-9(11)14-15-10(12-6)13-7-4-2-3-5-8(7)16/h7-8,16H,2-5H2,1H3,(H,12,13,15)/t7?,8-/m1/s1. The van der Waals surface area contributed by atoms with Crippen molar-refractivity contribution in [2.45, 2.75) is 44.8 Å². The van der Waals surface area contributed by atoms with Crippen molar-refractivity contribution in [2.75, 3.05) is 5.32 Å². The molecule has 1 aliphatic rings. The Bertz CT molecular complexity index is 374. The third kappa shape index (κ3) is 2.59. The lowest BCUT2D eigenvalue weighted by Gasteiger charge is -2.28. The van der Waals surface area contributed by atoms with Gasteiger partial charge < -0.3 is 10.4 Å². The van der Waals surface area contributed by atoms with E-state index in [4.69, 9.17) is 11.6 Å². The zero-order valence-electron chi connectivity index (χ0n) is 9.15. The molecule has 0 aromatic carbocycles. The summed E-state index contributed by atoms with van der Waals surface area (Å²) in [6.45, 7) is 1.78. The van der Waals surface area contributed by atoms with E-state index in [2.05, 4.69) is 20.5 Å². The van der Waals surface area contributed by atoms with Crippen molar-refractivity contribution in [3.8, 4) is 0 Å². The number of halogens is 1. The molecule has 0 radical (unpaired) electrons. The minimum absolute atomic E-state index is 0.0242. The Morgan fingerprint density at radius 3 is 2.75 bits per heavy atom. The first-order valence-corrected chi connectivity index (χ1v) is 5.86. The topological polar surface area (TPSA) is 70.9 Å². The van der Waals surface area contributed by atoms with Crippen LogP contribution in [-0.2, 0) is 0 Å². The van der Waals surface area contributed by atoms with E-state index in [0.29, 0.717) is 16.8 Å². The molecule has 0 bridgehead atoms. The Hall–Kier alpha value is -0.940. The number of aromatic nitrogens is 3. The second-order valence-electron chi connectivity index (χ2n) is 4.11. The summed E-state index contributed by atoms with van der Waals surface area (Å²) in [7, 11) is 0. The van der Waals surface area contributed by atoms with Gasteiger partial charge >= 0.3 is 0 Å². The average molecular weight is 243 g/mol. The number of aryl methyl sites for hydroxylation is 1. The Balaban J connectivity index is 2.05. The number of rotatable bonds is 2. The van der Waals surface area contributed by atoms with Gasteiger partial charge in [-0.3, -0.25) is 0 Å². The predicted octanol–water partition coefficient (Wildman–Crippen LogP) is 1.55. The molecule has 16 heavy (non-hydrogen) atoms. The largest absolute Gasteiger partial charge is 0.391 e. The number of aliphatic hydroxyl groups is 1. The molecular weight excluding hydrogens is 228 g/mol. The lowest BCUT2D eigenvalue weighted by Crippen LogP contribution is -2.37. The maximum absolute atomic E-state index is 9.79. The van der Waals surface area contributed by atoms with E-state index >= 15 is 0 Å². The van der Waals surface area contributed by atoms with Gasteiger partial charge in [-0.25, -0.2) is 4.98 Å². The van der Waals surface area contributed by atoms with Crippen molar-refractivity contribution >= 4 is 17.5 Å². The van der Waals surface area contributed by atoms with Gasteiger partial charge in [-0.05, 0) is 19.8 Å². The molecule has 1 aromatic rings. The normalized spacial score (nSPS) is 25.4. The first-order chi connectivity index (χ1) is 7.66. The van der Waals surface area contributed by atoms with Crippen molar-refractivity contribution in [1.29, 1.82) is 0 Å². The fraction of sp³-hybridized carbons (Fsp3) is 0.700.